The SMILES string of the molecule is COc1ccc(OC)c(C(C)NC(=O)C(=O)c2c(C)nn(C)c2C)c1. The molecule has 0 radical (unpaired) electrons. The van der Waals surface area contributed by atoms with E-state index in [2.05, 4.69) is 10.4 Å². The number of ketones is 1. The maximum absolute atomic E-state index is 12.5. The Morgan fingerprint density at radius 3 is 2.40 bits per heavy atom. The zero-order valence-corrected chi connectivity index (χ0v) is 15.3. The van der Waals surface area contributed by atoms with Crippen molar-refractivity contribution in [2.24, 2.45) is 7.05 Å². The van der Waals surface area contributed by atoms with Crippen molar-refractivity contribution in [2.45, 2.75) is 26.8 Å². The van der Waals surface area contributed by atoms with Crippen LogP contribution in [-0.2, 0) is 11.8 Å². The third kappa shape index (κ3) is 3.65. The molecule has 0 aliphatic rings. The minimum atomic E-state index is -0.684. The molecule has 1 aromatic carbocycles. The average molecular weight is 345 g/mol. The number of carbonyl (C=O) groups is 2. The summed E-state index contributed by atoms with van der Waals surface area (Å²) in [5.41, 5.74) is 2.25. The molecule has 7 nitrogen and oxygen atoms in total. The van der Waals surface area contributed by atoms with Crippen LogP contribution in [0, 0.1) is 13.8 Å². The van der Waals surface area contributed by atoms with Gasteiger partial charge in [-0.25, -0.2) is 0 Å². The van der Waals surface area contributed by atoms with Crippen molar-refractivity contribution >= 4 is 11.7 Å². The Labute approximate surface area is 146 Å². The van der Waals surface area contributed by atoms with Gasteiger partial charge in [0.1, 0.15) is 11.5 Å². The topological polar surface area (TPSA) is 82.4 Å². The van der Waals surface area contributed by atoms with Crippen LogP contribution in [0.15, 0.2) is 18.2 Å². The first kappa shape index (κ1) is 18.5. The van der Waals surface area contributed by atoms with Crippen molar-refractivity contribution in [1.82, 2.24) is 15.1 Å². The molecule has 0 fully saturated rings. The first-order valence-corrected chi connectivity index (χ1v) is 7.87. The van der Waals surface area contributed by atoms with Crippen molar-refractivity contribution in [3.05, 3.63) is 40.7 Å². The minimum Gasteiger partial charge on any atom is -0.497 e. The number of hydrogen-bond acceptors (Lipinski definition) is 5. The van der Waals surface area contributed by atoms with Crippen molar-refractivity contribution < 1.29 is 19.1 Å². The predicted molar refractivity (Wildman–Crippen MR) is 93.1 cm³/mol. The third-order valence-corrected chi connectivity index (χ3v) is 4.19. The van der Waals surface area contributed by atoms with E-state index in [4.69, 9.17) is 9.47 Å². The van der Waals surface area contributed by atoms with Gasteiger partial charge in [0.05, 0.1) is 31.5 Å². The summed E-state index contributed by atoms with van der Waals surface area (Å²) in [6, 6.07) is 4.87. The highest BCUT2D eigenvalue weighted by Gasteiger charge is 2.26. The van der Waals surface area contributed by atoms with Crippen LogP contribution < -0.4 is 14.8 Å². The van der Waals surface area contributed by atoms with Crippen molar-refractivity contribution in [1.29, 1.82) is 0 Å². The monoisotopic (exact) mass is 345 g/mol. The summed E-state index contributed by atoms with van der Waals surface area (Å²) in [6.07, 6.45) is 0. The molecule has 7 heteroatoms. The zero-order valence-electron chi connectivity index (χ0n) is 15.3. The summed E-state index contributed by atoms with van der Waals surface area (Å²) in [6.45, 7) is 5.25. The van der Waals surface area contributed by atoms with E-state index in [1.165, 1.54) is 0 Å². The van der Waals surface area contributed by atoms with Crippen LogP contribution in [0.3, 0.4) is 0 Å². The van der Waals surface area contributed by atoms with Gasteiger partial charge in [0.15, 0.2) is 0 Å². The number of nitrogens with one attached hydrogen (secondary N) is 1. The molecule has 2 rings (SSSR count). The number of aryl methyl sites for hydroxylation is 2. The summed E-state index contributed by atoms with van der Waals surface area (Å²) >= 11 is 0. The molecule has 134 valence electrons. The molecule has 0 aliphatic carbocycles. The smallest absolute Gasteiger partial charge is 0.293 e. The quantitative estimate of drug-likeness (QED) is 0.640. The summed E-state index contributed by atoms with van der Waals surface area (Å²) in [5.74, 6) is -0.0367. The highest BCUT2D eigenvalue weighted by molar-refractivity contribution is 6.43. The second kappa shape index (κ2) is 7.38. The summed E-state index contributed by atoms with van der Waals surface area (Å²) in [4.78, 5) is 24.9. The molecule has 0 bridgehead atoms. The molecule has 2 aromatic rings. The summed E-state index contributed by atoms with van der Waals surface area (Å²) < 4.78 is 12.1. The van der Waals surface area contributed by atoms with Crippen LogP contribution >= 0.6 is 0 Å². The lowest BCUT2D eigenvalue weighted by molar-refractivity contribution is -0.117. The van der Waals surface area contributed by atoms with Crippen LogP contribution in [-0.4, -0.2) is 35.7 Å². The fourth-order valence-electron chi connectivity index (χ4n) is 2.73. The molecule has 1 unspecified atom stereocenters. The number of ether oxygens (including phenoxy) is 2. The molecule has 0 spiro atoms. The Hall–Kier alpha value is -2.83. The van der Waals surface area contributed by atoms with Gasteiger partial charge in [-0.2, -0.15) is 5.10 Å². The highest BCUT2D eigenvalue weighted by Crippen LogP contribution is 2.29. The van der Waals surface area contributed by atoms with E-state index < -0.39 is 17.7 Å². The van der Waals surface area contributed by atoms with Gasteiger partial charge in [-0.15, -0.1) is 0 Å². The van der Waals surface area contributed by atoms with Gasteiger partial charge in [0.25, 0.3) is 11.7 Å². The molecule has 1 atom stereocenters. The number of carbonyl (C=O) groups excluding carboxylic acids is 2. The third-order valence-electron chi connectivity index (χ3n) is 4.19. The highest BCUT2D eigenvalue weighted by atomic mass is 16.5. The van der Waals surface area contributed by atoms with Gasteiger partial charge in [-0.05, 0) is 39.0 Å². The number of benzene rings is 1. The van der Waals surface area contributed by atoms with Crippen LogP contribution in [0.5, 0.6) is 11.5 Å². The Balaban J connectivity index is 2.24. The van der Waals surface area contributed by atoms with Gasteiger partial charge in [-0.3, -0.25) is 14.3 Å². The number of nitrogens with zero attached hydrogens (tertiary/aromatic N) is 2. The fourth-order valence-corrected chi connectivity index (χ4v) is 2.73. The Morgan fingerprint density at radius 1 is 1.20 bits per heavy atom. The number of hydrogen-bond donors (Lipinski definition) is 1. The first-order chi connectivity index (χ1) is 11.8. The number of Topliss-reactive ketones (excluding diaryl/α,β-unsaturated/α-hetero) is 1. The molecule has 0 saturated carbocycles. The maximum atomic E-state index is 12.5. The van der Waals surface area contributed by atoms with Crippen molar-refractivity contribution in [3.63, 3.8) is 0 Å². The number of rotatable bonds is 6. The normalized spacial score (nSPS) is 11.8. The van der Waals surface area contributed by atoms with E-state index in [1.807, 2.05) is 0 Å². The van der Waals surface area contributed by atoms with E-state index in [0.717, 1.165) is 5.56 Å². The Morgan fingerprint density at radius 2 is 1.88 bits per heavy atom. The van der Waals surface area contributed by atoms with Gasteiger partial charge >= 0.3 is 0 Å². The number of aromatic nitrogens is 2. The second-order valence-corrected chi connectivity index (χ2v) is 5.80. The van der Waals surface area contributed by atoms with Crippen molar-refractivity contribution in [2.75, 3.05) is 14.2 Å². The predicted octanol–water partition coefficient (Wildman–Crippen LogP) is 2.11. The largest absolute Gasteiger partial charge is 0.497 e. The molecule has 1 aromatic heterocycles. The molecule has 25 heavy (non-hydrogen) atoms. The average Bonchev–Trinajstić information content (AvgIpc) is 2.85. The van der Waals surface area contributed by atoms with E-state index >= 15 is 0 Å². The summed E-state index contributed by atoms with van der Waals surface area (Å²) in [7, 11) is 4.85. The zero-order chi connectivity index (χ0) is 18.7. The van der Waals surface area contributed by atoms with Crippen LogP contribution in [0.1, 0.15) is 40.3 Å². The standard InChI is InChI=1S/C18H23N3O4/c1-10(14-9-13(24-5)7-8-15(14)25-6)19-18(23)17(22)16-11(2)20-21(4)12(16)3/h7-10H,1-6H3,(H,19,23). The molecular formula is C18H23N3O4. The van der Waals surface area contributed by atoms with Crippen LogP contribution in [0.2, 0.25) is 0 Å². The van der Waals surface area contributed by atoms with E-state index in [-0.39, 0.29) is 0 Å². The van der Waals surface area contributed by atoms with Crippen molar-refractivity contribution in [3.8, 4) is 11.5 Å². The van der Waals surface area contributed by atoms with Gasteiger partial charge in [-0.1, -0.05) is 0 Å². The lowest BCUT2D eigenvalue weighted by Gasteiger charge is -2.18. The van der Waals surface area contributed by atoms with E-state index in [1.54, 1.807) is 64.9 Å². The maximum Gasteiger partial charge on any atom is 0.293 e. The molecule has 1 amide bonds. The summed E-state index contributed by atoms with van der Waals surface area (Å²) in [5, 5.41) is 6.90. The lowest BCUT2D eigenvalue weighted by atomic mass is 10.0. The van der Waals surface area contributed by atoms with E-state index in [0.29, 0.717) is 28.5 Å². The van der Waals surface area contributed by atoms with Gasteiger partial charge in [0.2, 0.25) is 0 Å². The van der Waals surface area contributed by atoms with Gasteiger partial charge in [0, 0.05) is 18.3 Å². The molecular weight excluding hydrogens is 322 g/mol. The molecule has 0 aliphatic heterocycles. The van der Waals surface area contributed by atoms with E-state index in [9.17, 15) is 9.59 Å². The number of methoxy groups -OCH3 is 2. The van der Waals surface area contributed by atoms with Crippen LogP contribution in [0.25, 0.3) is 0 Å². The first-order valence-electron chi connectivity index (χ1n) is 7.87. The Bertz CT molecular complexity index is 811. The minimum absolute atomic E-state index is 0.338. The molecule has 1 heterocycles. The van der Waals surface area contributed by atoms with Crippen LogP contribution in [0.4, 0.5) is 0 Å². The lowest BCUT2D eigenvalue weighted by Crippen LogP contribution is -2.33. The number of amides is 1. The molecule has 1 N–H and O–H groups in total. The fraction of sp³-hybridized carbons (Fsp3) is 0.389. The Kier molecular flexibility index (Phi) is 5.46. The van der Waals surface area contributed by atoms with Gasteiger partial charge < -0.3 is 14.8 Å². The molecule has 0 saturated heterocycles. The second-order valence-electron chi connectivity index (χ2n) is 5.80.